The molecule has 2 rings (SSSR count). The van der Waals surface area contributed by atoms with Crippen LogP contribution in [0.1, 0.15) is 10.4 Å². The first kappa shape index (κ1) is 20.7. The molecule has 2 aromatic rings. The number of sulfonamides is 1. The van der Waals surface area contributed by atoms with E-state index in [9.17, 15) is 13.2 Å². The van der Waals surface area contributed by atoms with E-state index in [1.807, 2.05) is 0 Å². The minimum Gasteiger partial charge on any atom is -0.497 e. The van der Waals surface area contributed by atoms with Crippen LogP contribution < -0.4 is 14.4 Å². The van der Waals surface area contributed by atoms with Gasteiger partial charge in [0.1, 0.15) is 5.75 Å². The molecular formula is C19H25N3O4S. The molecule has 0 atom stereocenters. The fraction of sp³-hybridized carbons (Fsp3) is 0.316. The number of nitrogens with zero attached hydrogens (tertiary/aromatic N) is 2. The molecule has 0 bridgehead atoms. The van der Waals surface area contributed by atoms with Crippen molar-refractivity contribution in [3.63, 3.8) is 0 Å². The molecule has 8 heteroatoms. The molecule has 0 fully saturated rings. The van der Waals surface area contributed by atoms with Crippen LogP contribution in [0.2, 0.25) is 0 Å². The first-order valence-electron chi connectivity index (χ1n) is 8.44. The van der Waals surface area contributed by atoms with Gasteiger partial charge in [-0.2, -0.15) is 0 Å². The minimum absolute atomic E-state index is 0.0636. The van der Waals surface area contributed by atoms with E-state index in [0.29, 0.717) is 30.1 Å². The largest absolute Gasteiger partial charge is 0.497 e. The summed E-state index contributed by atoms with van der Waals surface area (Å²) in [6.45, 7) is 1.18. The highest BCUT2D eigenvalue weighted by atomic mass is 32.2. The van der Waals surface area contributed by atoms with Crippen LogP contribution in [-0.2, 0) is 10.0 Å². The molecule has 27 heavy (non-hydrogen) atoms. The predicted octanol–water partition coefficient (Wildman–Crippen LogP) is 1.81. The molecule has 1 amide bonds. The third-order valence-electron chi connectivity index (χ3n) is 4.22. The Morgan fingerprint density at radius 1 is 1.11 bits per heavy atom. The summed E-state index contributed by atoms with van der Waals surface area (Å²) in [6, 6.07) is 12.8. The van der Waals surface area contributed by atoms with E-state index in [1.54, 1.807) is 62.5 Å². The van der Waals surface area contributed by atoms with E-state index in [2.05, 4.69) is 5.32 Å². The Kier molecular flexibility index (Phi) is 6.81. The van der Waals surface area contributed by atoms with Gasteiger partial charge in [0, 0.05) is 32.7 Å². The van der Waals surface area contributed by atoms with Crippen molar-refractivity contribution in [3.05, 3.63) is 54.1 Å². The van der Waals surface area contributed by atoms with Gasteiger partial charge in [-0.3, -0.25) is 9.10 Å². The van der Waals surface area contributed by atoms with Crippen molar-refractivity contribution < 1.29 is 17.9 Å². The highest BCUT2D eigenvalue weighted by Crippen LogP contribution is 2.25. The molecular weight excluding hydrogens is 366 g/mol. The standard InChI is InChI=1S/C19H25N3O4S/c1-20-12-13-21(2)19(23)15-6-5-7-18(14-15)27(24,25)22(3)16-8-10-17(26-4)11-9-16/h5-11,14,20H,12-13H2,1-4H3. The zero-order valence-corrected chi connectivity index (χ0v) is 16.8. The Labute approximate surface area is 160 Å². The summed E-state index contributed by atoms with van der Waals surface area (Å²) in [4.78, 5) is 14.1. The summed E-state index contributed by atoms with van der Waals surface area (Å²) in [5.74, 6) is 0.413. The number of hydrogen-bond donors (Lipinski definition) is 1. The third-order valence-corrected chi connectivity index (χ3v) is 6.00. The molecule has 7 nitrogen and oxygen atoms in total. The Hall–Kier alpha value is -2.58. The average Bonchev–Trinajstić information content (AvgIpc) is 2.70. The molecule has 0 radical (unpaired) electrons. The van der Waals surface area contributed by atoms with E-state index in [-0.39, 0.29) is 10.8 Å². The van der Waals surface area contributed by atoms with Gasteiger partial charge in [-0.15, -0.1) is 0 Å². The highest BCUT2D eigenvalue weighted by molar-refractivity contribution is 7.92. The number of anilines is 1. The lowest BCUT2D eigenvalue weighted by atomic mass is 10.2. The van der Waals surface area contributed by atoms with Crippen LogP contribution >= 0.6 is 0 Å². The second-order valence-corrected chi connectivity index (χ2v) is 8.00. The molecule has 0 aliphatic carbocycles. The van der Waals surface area contributed by atoms with E-state index in [1.165, 1.54) is 23.5 Å². The first-order chi connectivity index (χ1) is 12.8. The van der Waals surface area contributed by atoms with Gasteiger partial charge in [-0.1, -0.05) is 6.07 Å². The number of methoxy groups -OCH3 is 1. The summed E-state index contributed by atoms with van der Waals surface area (Å²) < 4.78 is 32.2. The molecule has 0 saturated carbocycles. The molecule has 2 aromatic carbocycles. The van der Waals surface area contributed by atoms with E-state index in [0.717, 1.165) is 0 Å². The van der Waals surface area contributed by atoms with Crippen LogP contribution in [0.4, 0.5) is 5.69 Å². The number of likely N-dealkylation sites (N-methyl/N-ethyl adjacent to an activating group) is 2. The molecule has 0 aliphatic rings. The number of rotatable bonds is 8. The molecule has 0 saturated heterocycles. The average molecular weight is 391 g/mol. The molecule has 0 heterocycles. The number of ether oxygens (including phenoxy) is 1. The van der Waals surface area contributed by atoms with Gasteiger partial charge in [0.05, 0.1) is 17.7 Å². The molecule has 146 valence electrons. The predicted molar refractivity (Wildman–Crippen MR) is 106 cm³/mol. The lowest BCUT2D eigenvalue weighted by Crippen LogP contribution is -2.33. The third kappa shape index (κ3) is 4.78. The lowest BCUT2D eigenvalue weighted by Gasteiger charge is -2.21. The molecule has 0 aliphatic heterocycles. The fourth-order valence-corrected chi connectivity index (χ4v) is 3.72. The van der Waals surface area contributed by atoms with Crippen molar-refractivity contribution in [1.82, 2.24) is 10.2 Å². The van der Waals surface area contributed by atoms with Gasteiger partial charge in [-0.05, 0) is 49.5 Å². The summed E-state index contributed by atoms with van der Waals surface area (Å²) in [6.07, 6.45) is 0. The maximum absolute atomic E-state index is 13.0. The van der Waals surface area contributed by atoms with Crippen LogP contribution in [0, 0.1) is 0 Å². The van der Waals surface area contributed by atoms with Crippen molar-refractivity contribution in [1.29, 1.82) is 0 Å². The van der Waals surface area contributed by atoms with Gasteiger partial charge in [0.2, 0.25) is 0 Å². The number of nitrogens with one attached hydrogen (secondary N) is 1. The zero-order valence-electron chi connectivity index (χ0n) is 16.0. The maximum Gasteiger partial charge on any atom is 0.264 e. The van der Waals surface area contributed by atoms with Crippen molar-refractivity contribution >= 4 is 21.6 Å². The first-order valence-corrected chi connectivity index (χ1v) is 9.88. The normalized spacial score (nSPS) is 11.1. The monoisotopic (exact) mass is 391 g/mol. The van der Waals surface area contributed by atoms with Crippen LogP contribution in [0.3, 0.4) is 0 Å². The molecule has 0 aromatic heterocycles. The van der Waals surface area contributed by atoms with Crippen molar-refractivity contribution in [2.45, 2.75) is 4.90 Å². The molecule has 0 spiro atoms. The van der Waals surface area contributed by atoms with Crippen LogP contribution in [0.5, 0.6) is 5.75 Å². The van der Waals surface area contributed by atoms with Crippen LogP contribution in [0.15, 0.2) is 53.4 Å². The van der Waals surface area contributed by atoms with Crippen molar-refractivity contribution in [3.8, 4) is 5.75 Å². The smallest absolute Gasteiger partial charge is 0.264 e. The van der Waals surface area contributed by atoms with Crippen molar-refractivity contribution in [2.75, 3.05) is 45.6 Å². The lowest BCUT2D eigenvalue weighted by molar-refractivity contribution is 0.0796. The minimum atomic E-state index is -3.80. The number of carbonyl (C=O) groups is 1. The van der Waals surface area contributed by atoms with Gasteiger partial charge in [-0.25, -0.2) is 8.42 Å². The van der Waals surface area contributed by atoms with Gasteiger partial charge in [0.25, 0.3) is 15.9 Å². The second kappa shape index (κ2) is 8.88. The maximum atomic E-state index is 13.0. The van der Waals surface area contributed by atoms with Gasteiger partial charge >= 0.3 is 0 Å². The Morgan fingerprint density at radius 3 is 2.37 bits per heavy atom. The summed E-state index contributed by atoms with van der Waals surface area (Å²) in [5.41, 5.74) is 0.830. The number of amides is 1. The quantitative estimate of drug-likeness (QED) is 0.743. The van der Waals surface area contributed by atoms with E-state index >= 15 is 0 Å². The Morgan fingerprint density at radius 2 is 1.78 bits per heavy atom. The van der Waals surface area contributed by atoms with Gasteiger partial charge < -0.3 is 15.0 Å². The SMILES string of the molecule is CNCCN(C)C(=O)c1cccc(S(=O)(=O)N(C)c2ccc(OC)cc2)c1. The van der Waals surface area contributed by atoms with Crippen LogP contribution in [0.25, 0.3) is 0 Å². The molecule has 0 unspecified atom stereocenters. The van der Waals surface area contributed by atoms with Gasteiger partial charge in [0.15, 0.2) is 0 Å². The summed E-state index contributed by atoms with van der Waals surface area (Å²) in [5, 5.41) is 2.98. The Bertz CT molecular complexity index is 882. The topological polar surface area (TPSA) is 79.0 Å². The zero-order chi connectivity index (χ0) is 20.0. The number of carbonyl (C=O) groups excluding carboxylic acids is 1. The number of hydrogen-bond acceptors (Lipinski definition) is 5. The molecule has 1 N–H and O–H groups in total. The van der Waals surface area contributed by atoms with Crippen molar-refractivity contribution in [2.24, 2.45) is 0 Å². The van der Waals surface area contributed by atoms with E-state index < -0.39 is 10.0 Å². The summed E-state index contributed by atoms with van der Waals surface area (Å²) in [7, 11) is 2.71. The second-order valence-electron chi connectivity index (χ2n) is 6.03. The summed E-state index contributed by atoms with van der Waals surface area (Å²) >= 11 is 0. The van der Waals surface area contributed by atoms with Crippen LogP contribution in [-0.4, -0.2) is 60.6 Å². The number of benzene rings is 2. The fourth-order valence-electron chi connectivity index (χ4n) is 2.48. The van der Waals surface area contributed by atoms with E-state index in [4.69, 9.17) is 4.74 Å². The Balaban J connectivity index is 2.29. The highest BCUT2D eigenvalue weighted by Gasteiger charge is 2.23.